The molecule has 0 bridgehead atoms. The molecule has 1 aromatic heterocycles. The van der Waals surface area contributed by atoms with E-state index in [9.17, 15) is 14.9 Å². The van der Waals surface area contributed by atoms with Crippen molar-refractivity contribution in [2.24, 2.45) is 0 Å². The van der Waals surface area contributed by atoms with E-state index in [4.69, 9.17) is 0 Å². The van der Waals surface area contributed by atoms with Crippen molar-refractivity contribution in [1.29, 1.82) is 0 Å². The summed E-state index contributed by atoms with van der Waals surface area (Å²) in [4.78, 5) is 26.3. The van der Waals surface area contributed by atoms with Gasteiger partial charge in [0.05, 0.1) is 4.92 Å². The summed E-state index contributed by atoms with van der Waals surface area (Å²) in [5.74, 6) is 0.0600. The van der Waals surface area contributed by atoms with Crippen molar-refractivity contribution in [1.82, 2.24) is 10.3 Å². The van der Waals surface area contributed by atoms with Gasteiger partial charge in [-0.25, -0.2) is 4.98 Å². The van der Waals surface area contributed by atoms with Gasteiger partial charge in [0.15, 0.2) is 0 Å². The maximum Gasteiger partial charge on any atom is 0.300 e. The number of carbonyl (C=O) groups excluding carboxylic acids is 1. The number of nitrogens with zero attached hydrogens (tertiary/aromatic N) is 2. The van der Waals surface area contributed by atoms with Crippen molar-refractivity contribution in [2.45, 2.75) is 32.2 Å². The molecule has 7 heteroatoms. The number of pyridine rings is 1. The third-order valence-corrected chi connectivity index (χ3v) is 3.12. The number of anilines is 1. The fraction of sp³-hybridized carbons (Fsp3) is 0.500. The van der Waals surface area contributed by atoms with Crippen LogP contribution in [-0.4, -0.2) is 28.4 Å². The molecule has 102 valence electrons. The zero-order chi connectivity index (χ0) is 13.8. The van der Waals surface area contributed by atoms with Crippen LogP contribution in [0.15, 0.2) is 12.3 Å². The molecule has 1 amide bonds. The monoisotopic (exact) mass is 264 g/mol. The van der Waals surface area contributed by atoms with Gasteiger partial charge in [-0.05, 0) is 26.2 Å². The zero-order valence-corrected chi connectivity index (χ0v) is 10.7. The fourth-order valence-electron chi connectivity index (χ4n) is 1.87. The molecule has 7 nitrogen and oxygen atoms in total. The highest BCUT2D eigenvalue weighted by Crippen LogP contribution is 2.23. The first kappa shape index (κ1) is 13.3. The van der Waals surface area contributed by atoms with E-state index in [1.54, 1.807) is 0 Å². The number of amides is 1. The average Bonchev–Trinajstić information content (AvgIpc) is 2.33. The smallest absolute Gasteiger partial charge is 0.300 e. The fourth-order valence-corrected chi connectivity index (χ4v) is 1.87. The van der Waals surface area contributed by atoms with Crippen LogP contribution >= 0.6 is 0 Å². The van der Waals surface area contributed by atoms with Crippen LogP contribution < -0.4 is 10.6 Å². The Hall–Kier alpha value is -2.18. The number of aromatic nitrogens is 1. The van der Waals surface area contributed by atoms with E-state index in [0.717, 1.165) is 25.5 Å². The van der Waals surface area contributed by atoms with E-state index in [0.29, 0.717) is 12.4 Å². The first-order valence-electron chi connectivity index (χ1n) is 6.31. The molecule has 0 radical (unpaired) electrons. The summed E-state index contributed by atoms with van der Waals surface area (Å²) in [6, 6.07) is 1.57. The van der Waals surface area contributed by atoms with Crippen molar-refractivity contribution in [3.8, 4) is 0 Å². The summed E-state index contributed by atoms with van der Waals surface area (Å²) < 4.78 is 0. The van der Waals surface area contributed by atoms with Crippen molar-refractivity contribution in [3.05, 3.63) is 27.9 Å². The lowest BCUT2D eigenvalue weighted by atomic mass is 9.93. The topological polar surface area (TPSA) is 97.2 Å². The third kappa shape index (κ3) is 2.98. The van der Waals surface area contributed by atoms with Gasteiger partial charge in [0.2, 0.25) is 0 Å². The van der Waals surface area contributed by atoms with Crippen LogP contribution in [0, 0.1) is 10.1 Å². The third-order valence-electron chi connectivity index (χ3n) is 3.12. The van der Waals surface area contributed by atoms with Crippen LogP contribution in [0.4, 0.5) is 11.5 Å². The summed E-state index contributed by atoms with van der Waals surface area (Å²) in [7, 11) is 0. The summed E-state index contributed by atoms with van der Waals surface area (Å²) in [6.07, 6.45) is 4.08. The average molecular weight is 264 g/mol. The van der Waals surface area contributed by atoms with Crippen molar-refractivity contribution < 1.29 is 9.72 Å². The van der Waals surface area contributed by atoms with Crippen LogP contribution in [0.5, 0.6) is 0 Å². The summed E-state index contributed by atoms with van der Waals surface area (Å²) in [5, 5.41) is 16.7. The molecule has 0 saturated heterocycles. The largest absolute Gasteiger partial charge is 0.370 e. The minimum Gasteiger partial charge on any atom is -0.370 e. The van der Waals surface area contributed by atoms with Gasteiger partial charge in [0.1, 0.15) is 17.6 Å². The van der Waals surface area contributed by atoms with Crippen molar-refractivity contribution in [2.75, 3.05) is 11.9 Å². The molecular weight excluding hydrogens is 248 g/mol. The predicted octanol–water partition coefficient (Wildman–Crippen LogP) is 1.70. The van der Waals surface area contributed by atoms with Gasteiger partial charge >= 0.3 is 0 Å². The minimum absolute atomic E-state index is 0.0582. The van der Waals surface area contributed by atoms with E-state index in [-0.39, 0.29) is 17.3 Å². The Morgan fingerprint density at radius 3 is 2.84 bits per heavy atom. The molecule has 0 aromatic carbocycles. The molecule has 0 unspecified atom stereocenters. The molecule has 1 saturated carbocycles. The molecule has 2 rings (SSSR count). The Labute approximate surface area is 110 Å². The Bertz CT molecular complexity index is 500. The maximum atomic E-state index is 12.1. The van der Waals surface area contributed by atoms with Crippen LogP contribution in [0.1, 0.15) is 36.5 Å². The Morgan fingerprint density at radius 1 is 1.58 bits per heavy atom. The zero-order valence-electron chi connectivity index (χ0n) is 10.7. The number of nitrogens with one attached hydrogen (secondary N) is 2. The first-order valence-corrected chi connectivity index (χ1v) is 6.31. The summed E-state index contributed by atoms with van der Waals surface area (Å²) in [5.41, 5.74) is -0.207. The number of nitro groups is 1. The van der Waals surface area contributed by atoms with Crippen LogP contribution in [0.2, 0.25) is 0 Å². The van der Waals surface area contributed by atoms with Gasteiger partial charge in [-0.2, -0.15) is 0 Å². The highest BCUT2D eigenvalue weighted by atomic mass is 16.6. The SMILES string of the molecule is CCNc1cc(C(=O)NC2CCC2)c([N+](=O)[O-])cn1. The molecule has 2 N–H and O–H groups in total. The molecule has 1 heterocycles. The lowest BCUT2D eigenvalue weighted by molar-refractivity contribution is -0.385. The number of hydrogen-bond donors (Lipinski definition) is 2. The molecule has 19 heavy (non-hydrogen) atoms. The molecular formula is C12H16N4O3. The molecule has 1 aromatic rings. The van der Waals surface area contributed by atoms with E-state index in [2.05, 4.69) is 15.6 Å². The standard InChI is InChI=1S/C12H16N4O3/c1-2-13-11-6-9(10(7-14-11)16(18)19)12(17)15-8-4-3-5-8/h6-8H,2-5H2,1H3,(H,13,14)(H,15,17). The number of carbonyl (C=O) groups is 1. The summed E-state index contributed by atoms with van der Waals surface area (Å²) in [6.45, 7) is 2.52. The van der Waals surface area contributed by atoms with E-state index in [1.807, 2.05) is 6.92 Å². The van der Waals surface area contributed by atoms with Gasteiger partial charge in [-0.3, -0.25) is 14.9 Å². The van der Waals surface area contributed by atoms with Gasteiger partial charge < -0.3 is 10.6 Å². The highest BCUT2D eigenvalue weighted by Gasteiger charge is 2.25. The Balaban J connectivity index is 2.25. The quantitative estimate of drug-likeness (QED) is 0.623. The Morgan fingerprint density at radius 2 is 2.32 bits per heavy atom. The minimum atomic E-state index is -0.585. The van der Waals surface area contributed by atoms with Gasteiger partial charge in [0, 0.05) is 18.7 Å². The molecule has 1 aliphatic rings. The van der Waals surface area contributed by atoms with Crippen molar-refractivity contribution >= 4 is 17.4 Å². The van der Waals surface area contributed by atoms with E-state index >= 15 is 0 Å². The van der Waals surface area contributed by atoms with Gasteiger partial charge in [-0.15, -0.1) is 0 Å². The van der Waals surface area contributed by atoms with E-state index < -0.39 is 10.8 Å². The summed E-state index contributed by atoms with van der Waals surface area (Å²) >= 11 is 0. The lowest BCUT2D eigenvalue weighted by Gasteiger charge is -2.26. The number of rotatable bonds is 5. The normalized spacial score (nSPS) is 14.6. The molecule has 1 aliphatic carbocycles. The van der Waals surface area contributed by atoms with Crippen molar-refractivity contribution in [3.63, 3.8) is 0 Å². The molecule has 1 fully saturated rings. The first-order chi connectivity index (χ1) is 9.11. The molecule has 0 spiro atoms. The highest BCUT2D eigenvalue weighted by molar-refractivity contribution is 5.98. The van der Waals surface area contributed by atoms with E-state index in [1.165, 1.54) is 6.07 Å². The lowest BCUT2D eigenvalue weighted by Crippen LogP contribution is -2.39. The van der Waals surface area contributed by atoms with Crippen LogP contribution in [0.25, 0.3) is 0 Å². The van der Waals surface area contributed by atoms with Crippen LogP contribution in [0.3, 0.4) is 0 Å². The predicted molar refractivity (Wildman–Crippen MR) is 70.2 cm³/mol. The second-order valence-corrected chi connectivity index (χ2v) is 4.48. The number of hydrogen-bond acceptors (Lipinski definition) is 5. The Kier molecular flexibility index (Phi) is 3.94. The second-order valence-electron chi connectivity index (χ2n) is 4.48. The molecule has 0 atom stereocenters. The molecule has 0 aliphatic heterocycles. The van der Waals surface area contributed by atoms with Crippen LogP contribution in [-0.2, 0) is 0 Å². The van der Waals surface area contributed by atoms with Gasteiger partial charge in [-0.1, -0.05) is 0 Å². The maximum absolute atomic E-state index is 12.1. The second kappa shape index (κ2) is 5.64. The van der Waals surface area contributed by atoms with Gasteiger partial charge in [0.25, 0.3) is 11.6 Å².